The van der Waals surface area contributed by atoms with Crippen LogP contribution in [0, 0.1) is 0 Å². The fraction of sp³-hybridized carbons (Fsp3) is 0. The highest BCUT2D eigenvalue weighted by Gasteiger charge is 2.20. The molecule has 1 nitrogen and oxygen atoms in total. The Hall–Kier alpha value is -6.74. The molecule has 0 N–H and O–H groups in total. The summed E-state index contributed by atoms with van der Waals surface area (Å²) in [4.78, 5) is 2.44. The Labute approximate surface area is 317 Å². The van der Waals surface area contributed by atoms with Gasteiger partial charge in [0, 0.05) is 31.5 Å². The zero-order valence-corrected chi connectivity index (χ0v) is 30.2. The molecule has 0 atom stereocenters. The highest BCUT2D eigenvalue weighted by molar-refractivity contribution is 7.26. The summed E-state index contributed by atoms with van der Waals surface area (Å²) >= 11 is 1.86. The second kappa shape index (κ2) is 12.4. The molecule has 0 spiro atoms. The van der Waals surface area contributed by atoms with E-state index in [9.17, 15) is 0 Å². The predicted molar refractivity (Wildman–Crippen MR) is 235 cm³/mol. The molecule has 252 valence electrons. The van der Waals surface area contributed by atoms with Gasteiger partial charge >= 0.3 is 0 Å². The van der Waals surface area contributed by atoms with E-state index in [1.54, 1.807) is 0 Å². The van der Waals surface area contributed by atoms with Crippen molar-refractivity contribution >= 4 is 91.7 Å². The lowest BCUT2D eigenvalue weighted by Crippen LogP contribution is -2.10. The Morgan fingerprint density at radius 3 is 1.63 bits per heavy atom. The maximum Gasteiger partial charge on any atom is 0.0554 e. The summed E-state index contributed by atoms with van der Waals surface area (Å²) in [5.41, 5.74) is 8.33. The second-order valence-corrected chi connectivity index (χ2v) is 15.1. The topological polar surface area (TPSA) is 3.24 Å². The van der Waals surface area contributed by atoms with Crippen LogP contribution in [0.1, 0.15) is 0 Å². The van der Waals surface area contributed by atoms with E-state index in [2.05, 4.69) is 205 Å². The molecular weight excluding hydrogens is 671 g/mol. The quantitative estimate of drug-likeness (QED) is 0.161. The lowest BCUT2D eigenvalue weighted by Gasteiger charge is -2.27. The molecule has 11 aromatic rings. The standard InChI is InChI=1S/C52H33NS/c1-4-15-41-34(11-1)14-9-19-42(41)36-23-28-39(29-24-36)53(48-20-10-22-50-52(48)46-18-7-8-21-49(46)54-50)40-30-25-37(26-31-40)47-33-38-13-3-5-16-43(38)45-32-27-35-12-2-6-17-44(35)51(45)47/h1-33H. The molecule has 0 aliphatic carbocycles. The van der Waals surface area contributed by atoms with E-state index in [0.29, 0.717) is 0 Å². The number of thiophene rings is 1. The molecule has 54 heavy (non-hydrogen) atoms. The van der Waals surface area contributed by atoms with Crippen LogP contribution in [-0.2, 0) is 0 Å². The molecule has 0 unspecified atom stereocenters. The van der Waals surface area contributed by atoms with Crippen LogP contribution in [0.2, 0.25) is 0 Å². The molecular formula is C52H33NS. The van der Waals surface area contributed by atoms with E-state index in [1.807, 2.05) is 11.3 Å². The van der Waals surface area contributed by atoms with Crippen molar-refractivity contribution in [2.24, 2.45) is 0 Å². The largest absolute Gasteiger partial charge is 0.310 e. The van der Waals surface area contributed by atoms with Crippen molar-refractivity contribution in [2.45, 2.75) is 0 Å². The summed E-state index contributed by atoms with van der Waals surface area (Å²) in [5.74, 6) is 0. The number of hydrogen-bond acceptors (Lipinski definition) is 2. The molecule has 0 bridgehead atoms. The van der Waals surface area contributed by atoms with E-state index in [0.717, 1.165) is 11.4 Å². The maximum atomic E-state index is 2.44. The van der Waals surface area contributed by atoms with Crippen LogP contribution < -0.4 is 4.90 Å². The first-order chi connectivity index (χ1) is 26.8. The van der Waals surface area contributed by atoms with Crippen molar-refractivity contribution in [1.82, 2.24) is 0 Å². The highest BCUT2D eigenvalue weighted by atomic mass is 32.1. The van der Waals surface area contributed by atoms with Gasteiger partial charge in [-0.1, -0.05) is 152 Å². The van der Waals surface area contributed by atoms with Gasteiger partial charge in [0.1, 0.15) is 0 Å². The summed E-state index contributed by atoms with van der Waals surface area (Å²) in [6.07, 6.45) is 0. The molecule has 10 aromatic carbocycles. The van der Waals surface area contributed by atoms with Gasteiger partial charge in [-0.2, -0.15) is 0 Å². The lowest BCUT2D eigenvalue weighted by atomic mass is 9.90. The Kier molecular flexibility index (Phi) is 7.11. The van der Waals surface area contributed by atoms with Crippen LogP contribution in [0.15, 0.2) is 200 Å². The molecule has 0 saturated heterocycles. The van der Waals surface area contributed by atoms with Crippen LogP contribution in [0.4, 0.5) is 17.1 Å². The van der Waals surface area contributed by atoms with Crippen molar-refractivity contribution < 1.29 is 0 Å². The Balaban J connectivity index is 1.10. The summed E-state index contributed by atoms with van der Waals surface area (Å²) < 4.78 is 2.59. The fourth-order valence-electron chi connectivity index (χ4n) is 8.54. The molecule has 1 heterocycles. The monoisotopic (exact) mass is 703 g/mol. The van der Waals surface area contributed by atoms with Crippen molar-refractivity contribution in [3.8, 4) is 22.3 Å². The minimum atomic E-state index is 1.12. The van der Waals surface area contributed by atoms with Gasteiger partial charge in [0.15, 0.2) is 0 Å². The van der Waals surface area contributed by atoms with E-state index in [4.69, 9.17) is 0 Å². The van der Waals surface area contributed by atoms with E-state index >= 15 is 0 Å². The van der Waals surface area contributed by atoms with Crippen molar-refractivity contribution in [1.29, 1.82) is 0 Å². The normalized spacial score (nSPS) is 11.7. The van der Waals surface area contributed by atoms with Crippen LogP contribution in [0.3, 0.4) is 0 Å². The maximum absolute atomic E-state index is 2.44. The van der Waals surface area contributed by atoms with Gasteiger partial charge in [0.2, 0.25) is 0 Å². The van der Waals surface area contributed by atoms with Gasteiger partial charge in [-0.05, 0) is 114 Å². The average molecular weight is 704 g/mol. The van der Waals surface area contributed by atoms with E-state index < -0.39 is 0 Å². The average Bonchev–Trinajstić information content (AvgIpc) is 3.63. The third kappa shape index (κ3) is 4.92. The lowest BCUT2D eigenvalue weighted by molar-refractivity contribution is 1.30. The number of benzene rings is 10. The summed E-state index contributed by atoms with van der Waals surface area (Å²) in [5, 5.41) is 12.8. The van der Waals surface area contributed by atoms with E-state index in [-0.39, 0.29) is 0 Å². The first-order valence-electron chi connectivity index (χ1n) is 18.5. The van der Waals surface area contributed by atoms with Gasteiger partial charge < -0.3 is 4.90 Å². The van der Waals surface area contributed by atoms with Gasteiger partial charge in [0.05, 0.1) is 5.69 Å². The van der Waals surface area contributed by atoms with Gasteiger partial charge in [-0.3, -0.25) is 0 Å². The zero-order valence-electron chi connectivity index (χ0n) is 29.4. The number of hydrogen-bond donors (Lipinski definition) is 0. The van der Waals surface area contributed by atoms with E-state index in [1.165, 1.54) is 91.2 Å². The van der Waals surface area contributed by atoms with Crippen molar-refractivity contribution in [2.75, 3.05) is 4.90 Å². The molecule has 0 aliphatic rings. The molecule has 0 radical (unpaired) electrons. The first kappa shape index (κ1) is 30.8. The predicted octanol–water partition coefficient (Wildman–Crippen LogP) is 15.5. The number of nitrogens with zero attached hydrogens (tertiary/aromatic N) is 1. The molecule has 0 saturated carbocycles. The SMILES string of the molecule is c1ccc2c(-c3ccc(N(c4ccc(-c5cc6ccccc6c6ccc7ccccc7c56)cc4)c4cccc5sc6ccccc6c45)cc3)cccc2c1. The molecule has 0 fully saturated rings. The Morgan fingerprint density at radius 2 is 0.870 bits per heavy atom. The second-order valence-electron chi connectivity index (χ2n) is 14.1. The molecule has 0 amide bonds. The number of fused-ring (bicyclic) bond motifs is 9. The third-order valence-corrected chi connectivity index (χ3v) is 12.2. The van der Waals surface area contributed by atoms with Crippen molar-refractivity contribution in [3.05, 3.63) is 200 Å². The molecule has 11 rings (SSSR count). The summed E-state index contributed by atoms with van der Waals surface area (Å²) in [6.45, 7) is 0. The minimum Gasteiger partial charge on any atom is -0.310 e. The summed E-state index contributed by atoms with van der Waals surface area (Å²) in [6, 6.07) is 73.5. The fourth-order valence-corrected chi connectivity index (χ4v) is 9.66. The van der Waals surface area contributed by atoms with Crippen LogP contribution >= 0.6 is 11.3 Å². The minimum absolute atomic E-state index is 1.12. The smallest absolute Gasteiger partial charge is 0.0554 e. The zero-order chi connectivity index (χ0) is 35.6. The van der Waals surface area contributed by atoms with Gasteiger partial charge in [0.25, 0.3) is 0 Å². The van der Waals surface area contributed by atoms with Crippen LogP contribution in [0.25, 0.3) is 85.5 Å². The molecule has 1 aromatic heterocycles. The Bertz CT molecular complexity index is 3200. The summed E-state index contributed by atoms with van der Waals surface area (Å²) in [7, 11) is 0. The molecule has 0 aliphatic heterocycles. The highest BCUT2D eigenvalue weighted by Crippen LogP contribution is 2.46. The van der Waals surface area contributed by atoms with Crippen LogP contribution in [-0.4, -0.2) is 0 Å². The van der Waals surface area contributed by atoms with Crippen molar-refractivity contribution in [3.63, 3.8) is 0 Å². The van der Waals surface area contributed by atoms with Gasteiger partial charge in [-0.25, -0.2) is 0 Å². The van der Waals surface area contributed by atoms with Gasteiger partial charge in [-0.15, -0.1) is 11.3 Å². The Morgan fingerprint density at radius 1 is 0.315 bits per heavy atom. The number of rotatable bonds is 5. The first-order valence-corrected chi connectivity index (χ1v) is 19.3. The van der Waals surface area contributed by atoms with Crippen LogP contribution in [0.5, 0.6) is 0 Å². The molecule has 2 heteroatoms. The number of anilines is 3. The third-order valence-electron chi connectivity index (χ3n) is 11.0.